The van der Waals surface area contributed by atoms with E-state index in [-0.39, 0.29) is 0 Å². The molecule has 5 rings (SSSR count). The second kappa shape index (κ2) is 8.48. The van der Waals surface area contributed by atoms with E-state index >= 15 is 0 Å². The lowest BCUT2D eigenvalue weighted by Crippen LogP contribution is -2.47. The predicted molar refractivity (Wildman–Crippen MR) is 135 cm³/mol. The summed E-state index contributed by atoms with van der Waals surface area (Å²) >= 11 is 0. The molecular formula is C29H41N3. The Kier molecular flexibility index (Phi) is 5.82. The molecule has 0 atom stereocenters. The van der Waals surface area contributed by atoms with Crippen LogP contribution in [0, 0.1) is 16.7 Å². The molecule has 2 saturated carbocycles. The SMILES string of the molecule is CC1(C)CC(c2cc(-c3ccccn3)ccc2N2CCN(CC3CC3)CC2)CC(C)(C)C1. The molecule has 2 aliphatic carbocycles. The average Bonchev–Trinajstić information content (AvgIpc) is 3.56. The van der Waals surface area contributed by atoms with Gasteiger partial charge in [0.2, 0.25) is 0 Å². The molecular weight excluding hydrogens is 390 g/mol. The highest BCUT2D eigenvalue weighted by molar-refractivity contribution is 5.67. The molecule has 3 aliphatic rings. The summed E-state index contributed by atoms with van der Waals surface area (Å²) in [6, 6.07) is 13.4. The molecule has 32 heavy (non-hydrogen) atoms. The second-order valence-electron chi connectivity index (χ2n) is 12.3. The molecule has 0 amide bonds. The minimum absolute atomic E-state index is 0.383. The van der Waals surface area contributed by atoms with Crippen molar-refractivity contribution >= 4 is 5.69 Å². The quantitative estimate of drug-likeness (QED) is 0.531. The van der Waals surface area contributed by atoms with Crippen molar-refractivity contribution in [2.24, 2.45) is 16.7 Å². The van der Waals surface area contributed by atoms with E-state index < -0.39 is 0 Å². The lowest BCUT2D eigenvalue weighted by molar-refractivity contribution is 0.0970. The lowest BCUT2D eigenvalue weighted by atomic mass is 9.60. The Morgan fingerprint density at radius 3 is 2.25 bits per heavy atom. The molecule has 0 bridgehead atoms. The summed E-state index contributed by atoms with van der Waals surface area (Å²) in [6.07, 6.45) is 8.67. The molecule has 0 N–H and O–H groups in total. The van der Waals surface area contributed by atoms with Gasteiger partial charge in [-0.25, -0.2) is 0 Å². The van der Waals surface area contributed by atoms with Gasteiger partial charge in [-0.2, -0.15) is 0 Å². The fourth-order valence-electron chi connectivity index (χ4n) is 6.77. The maximum Gasteiger partial charge on any atom is 0.0702 e. The number of hydrogen-bond acceptors (Lipinski definition) is 3. The molecule has 0 unspecified atom stereocenters. The standard InChI is InChI=1S/C29H41N3/c1-28(2)18-24(19-29(3,4)21-28)25-17-23(26-7-5-6-12-30-26)10-11-27(25)32-15-13-31(14-16-32)20-22-8-9-22/h5-7,10-12,17,22,24H,8-9,13-16,18-21H2,1-4H3. The predicted octanol–water partition coefficient (Wildman–Crippen LogP) is 6.60. The van der Waals surface area contributed by atoms with Crippen LogP contribution in [-0.4, -0.2) is 42.6 Å². The zero-order valence-corrected chi connectivity index (χ0v) is 20.6. The third-order valence-corrected chi connectivity index (χ3v) is 7.91. The number of anilines is 1. The molecule has 3 nitrogen and oxygen atoms in total. The Labute approximate surface area is 195 Å². The number of hydrogen-bond donors (Lipinski definition) is 0. The van der Waals surface area contributed by atoms with Crippen molar-refractivity contribution in [1.82, 2.24) is 9.88 Å². The van der Waals surface area contributed by atoms with Crippen molar-refractivity contribution in [3.05, 3.63) is 48.2 Å². The monoisotopic (exact) mass is 431 g/mol. The zero-order chi connectivity index (χ0) is 22.3. The van der Waals surface area contributed by atoms with Gasteiger partial charge in [0.1, 0.15) is 0 Å². The van der Waals surface area contributed by atoms with Crippen LogP contribution < -0.4 is 4.90 Å². The highest BCUT2D eigenvalue weighted by Gasteiger charge is 2.40. The van der Waals surface area contributed by atoms with E-state index in [2.05, 4.69) is 72.8 Å². The van der Waals surface area contributed by atoms with Gasteiger partial charge >= 0.3 is 0 Å². The van der Waals surface area contributed by atoms with Crippen molar-refractivity contribution in [3.63, 3.8) is 0 Å². The van der Waals surface area contributed by atoms with Crippen LogP contribution in [-0.2, 0) is 0 Å². The van der Waals surface area contributed by atoms with Gasteiger partial charge in [-0.3, -0.25) is 9.88 Å². The lowest BCUT2D eigenvalue weighted by Gasteiger charge is -2.46. The fourth-order valence-corrected chi connectivity index (χ4v) is 6.77. The average molecular weight is 432 g/mol. The van der Waals surface area contributed by atoms with Crippen molar-refractivity contribution in [3.8, 4) is 11.3 Å². The number of nitrogens with zero attached hydrogens (tertiary/aromatic N) is 3. The first-order valence-electron chi connectivity index (χ1n) is 12.8. The summed E-state index contributed by atoms with van der Waals surface area (Å²) in [5, 5.41) is 0. The Bertz CT molecular complexity index is 905. The van der Waals surface area contributed by atoms with E-state index in [1.807, 2.05) is 12.3 Å². The Morgan fingerprint density at radius 1 is 0.906 bits per heavy atom. The molecule has 0 spiro atoms. The van der Waals surface area contributed by atoms with E-state index in [0.717, 1.165) is 24.7 Å². The summed E-state index contributed by atoms with van der Waals surface area (Å²) < 4.78 is 0. The van der Waals surface area contributed by atoms with Crippen LogP contribution in [0.5, 0.6) is 0 Å². The molecule has 0 radical (unpaired) electrons. The zero-order valence-electron chi connectivity index (χ0n) is 20.6. The van der Waals surface area contributed by atoms with Gasteiger partial charge in [-0.1, -0.05) is 39.8 Å². The molecule has 1 saturated heterocycles. The van der Waals surface area contributed by atoms with Crippen molar-refractivity contribution in [1.29, 1.82) is 0 Å². The topological polar surface area (TPSA) is 19.4 Å². The van der Waals surface area contributed by atoms with E-state index in [1.54, 1.807) is 5.56 Å². The smallest absolute Gasteiger partial charge is 0.0702 e. The van der Waals surface area contributed by atoms with E-state index in [0.29, 0.717) is 16.7 Å². The largest absolute Gasteiger partial charge is 0.369 e. The third kappa shape index (κ3) is 5.03. The highest BCUT2D eigenvalue weighted by Crippen LogP contribution is 2.53. The molecule has 1 aromatic heterocycles. The Morgan fingerprint density at radius 2 is 1.62 bits per heavy atom. The first kappa shape index (κ1) is 21.9. The minimum atomic E-state index is 0.383. The van der Waals surface area contributed by atoms with Crippen molar-refractivity contribution < 1.29 is 0 Å². The summed E-state index contributed by atoms with van der Waals surface area (Å²) in [6.45, 7) is 15.9. The van der Waals surface area contributed by atoms with E-state index in [9.17, 15) is 0 Å². The number of aromatic nitrogens is 1. The molecule has 2 heterocycles. The van der Waals surface area contributed by atoms with E-state index in [1.165, 1.54) is 63.0 Å². The van der Waals surface area contributed by atoms with Gasteiger partial charge in [-0.15, -0.1) is 0 Å². The summed E-state index contributed by atoms with van der Waals surface area (Å²) in [7, 11) is 0. The van der Waals surface area contributed by atoms with Crippen LogP contribution in [0.1, 0.15) is 71.3 Å². The van der Waals surface area contributed by atoms with Crippen molar-refractivity contribution in [2.75, 3.05) is 37.6 Å². The first-order chi connectivity index (χ1) is 15.3. The number of pyridine rings is 1. The maximum absolute atomic E-state index is 4.66. The molecule has 3 heteroatoms. The van der Waals surface area contributed by atoms with Crippen LogP contribution in [0.3, 0.4) is 0 Å². The number of piperazine rings is 1. The summed E-state index contributed by atoms with van der Waals surface area (Å²) in [4.78, 5) is 10.0. The van der Waals surface area contributed by atoms with E-state index in [4.69, 9.17) is 0 Å². The Balaban J connectivity index is 1.46. The molecule has 172 valence electrons. The molecule has 2 aromatic rings. The van der Waals surface area contributed by atoms with Gasteiger partial charge < -0.3 is 4.90 Å². The molecule has 1 aromatic carbocycles. The van der Waals surface area contributed by atoms with Gasteiger partial charge in [0.15, 0.2) is 0 Å². The molecule has 1 aliphatic heterocycles. The summed E-state index contributed by atoms with van der Waals surface area (Å²) in [5.41, 5.74) is 6.15. The number of benzene rings is 1. The fraction of sp³-hybridized carbons (Fsp3) is 0.621. The highest BCUT2D eigenvalue weighted by atomic mass is 15.3. The van der Waals surface area contributed by atoms with Crippen LogP contribution in [0.15, 0.2) is 42.6 Å². The Hall–Kier alpha value is -1.87. The third-order valence-electron chi connectivity index (χ3n) is 7.91. The normalized spacial score (nSPS) is 23.9. The van der Waals surface area contributed by atoms with Gasteiger partial charge in [-0.05, 0) is 84.6 Å². The first-order valence-corrected chi connectivity index (χ1v) is 12.8. The van der Waals surface area contributed by atoms with Crippen LogP contribution in [0.2, 0.25) is 0 Å². The number of rotatable bonds is 5. The molecule has 3 fully saturated rings. The maximum atomic E-state index is 4.66. The summed E-state index contributed by atoms with van der Waals surface area (Å²) in [5.74, 6) is 1.60. The minimum Gasteiger partial charge on any atom is -0.369 e. The van der Waals surface area contributed by atoms with Crippen LogP contribution >= 0.6 is 0 Å². The second-order valence-corrected chi connectivity index (χ2v) is 12.3. The van der Waals surface area contributed by atoms with Crippen LogP contribution in [0.4, 0.5) is 5.69 Å². The van der Waals surface area contributed by atoms with Crippen LogP contribution in [0.25, 0.3) is 11.3 Å². The van der Waals surface area contributed by atoms with Gasteiger partial charge in [0, 0.05) is 50.2 Å². The van der Waals surface area contributed by atoms with Gasteiger partial charge in [0.25, 0.3) is 0 Å². The van der Waals surface area contributed by atoms with Gasteiger partial charge in [0.05, 0.1) is 5.69 Å². The van der Waals surface area contributed by atoms with Crippen molar-refractivity contribution in [2.45, 2.75) is 65.7 Å².